The molecule has 0 aromatic heterocycles. The van der Waals surface area contributed by atoms with Gasteiger partial charge >= 0.3 is 0 Å². The standard InChI is InChI=1S/C10H15BrN2O3S/c1-6-3-8(11)9(12)4-10(6)17(15,16)13-7(2)5-14/h3-4,7,13-14H,5,12H2,1-2H3/t7-/m1/s1. The number of aryl methyl sites for hydroxylation is 1. The van der Waals surface area contributed by atoms with Crippen LogP contribution in [0.5, 0.6) is 0 Å². The lowest BCUT2D eigenvalue weighted by atomic mass is 10.2. The molecule has 96 valence electrons. The van der Waals surface area contributed by atoms with E-state index < -0.39 is 16.1 Å². The maximum atomic E-state index is 12.0. The molecule has 5 nitrogen and oxygen atoms in total. The maximum absolute atomic E-state index is 12.0. The molecular weight excluding hydrogens is 308 g/mol. The summed E-state index contributed by atoms with van der Waals surface area (Å²) in [5.74, 6) is 0. The molecule has 1 aromatic carbocycles. The predicted molar refractivity (Wildman–Crippen MR) is 70.2 cm³/mol. The van der Waals surface area contributed by atoms with Gasteiger partial charge in [-0.05, 0) is 47.5 Å². The molecule has 17 heavy (non-hydrogen) atoms. The molecule has 0 heterocycles. The quantitative estimate of drug-likeness (QED) is 0.721. The van der Waals surface area contributed by atoms with Crippen LogP contribution >= 0.6 is 15.9 Å². The number of aliphatic hydroxyl groups is 1. The number of sulfonamides is 1. The van der Waals surface area contributed by atoms with Gasteiger partial charge in [-0.15, -0.1) is 0 Å². The normalized spacial score (nSPS) is 13.6. The first-order valence-corrected chi connectivity index (χ1v) is 7.24. The average Bonchev–Trinajstić information content (AvgIpc) is 2.22. The third-order valence-corrected chi connectivity index (χ3v) is 4.63. The lowest BCUT2D eigenvalue weighted by Gasteiger charge is -2.14. The summed E-state index contributed by atoms with van der Waals surface area (Å²) in [6, 6.07) is 2.50. The van der Waals surface area contributed by atoms with Gasteiger partial charge in [-0.2, -0.15) is 0 Å². The largest absolute Gasteiger partial charge is 0.398 e. The van der Waals surface area contributed by atoms with Crippen molar-refractivity contribution >= 4 is 31.6 Å². The Balaban J connectivity index is 3.20. The average molecular weight is 323 g/mol. The van der Waals surface area contributed by atoms with E-state index in [2.05, 4.69) is 20.7 Å². The number of benzene rings is 1. The molecule has 0 unspecified atom stereocenters. The first kappa shape index (κ1) is 14.4. The summed E-state index contributed by atoms with van der Waals surface area (Å²) < 4.78 is 27.0. The fraction of sp³-hybridized carbons (Fsp3) is 0.400. The second-order valence-corrected chi connectivity index (χ2v) is 6.38. The van der Waals surface area contributed by atoms with Gasteiger partial charge in [0, 0.05) is 16.2 Å². The van der Waals surface area contributed by atoms with Crippen LogP contribution in [-0.2, 0) is 10.0 Å². The van der Waals surface area contributed by atoms with E-state index in [1.165, 1.54) is 6.07 Å². The minimum atomic E-state index is -3.65. The summed E-state index contributed by atoms with van der Waals surface area (Å²) in [5.41, 5.74) is 6.60. The minimum Gasteiger partial charge on any atom is -0.398 e. The second kappa shape index (κ2) is 5.34. The van der Waals surface area contributed by atoms with Crippen molar-refractivity contribution in [3.05, 3.63) is 22.2 Å². The van der Waals surface area contributed by atoms with Crippen molar-refractivity contribution in [1.82, 2.24) is 4.72 Å². The SMILES string of the molecule is Cc1cc(Br)c(N)cc1S(=O)(=O)N[C@H](C)CO. The van der Waals surface area contributed by atoms with Crippen molar-refractivity contribution in [2.45, 2.75) is 24.8 Å². The number of rotatable bonds is 4. The van der Waals surface area contributed by atoms with Gasteiger partial charge in [-0.1, -0.05) is 0 Å². The van der Waals surface area contributed by atoms with Crippen LogP contribution in [0.4, 0.5) is 5.69 Å². The van der Waals surface area contributed by atoms with Gasteiger partial charge in [0.05, 0.1) is 11.5 Å². The monoisotopic (exact) mass is 322 g/mol. The van der Waals surface area contributed by atoms with Crippen molar-refractivity contribution in [3.8, 4) is 0 Å². The summed E-state index contributed by atoms with van der Waals surface area (Å²) in [7, 11) is -3.65. The lowest BCUT2D eigenvalue weighted by Crippen LogP contribution is -2.35. The van der Waals surface area contributed by atoms with Gasteiger partial charge in [0.1, 0.15) is 0 Å². The van der Waals surface area contributed by atoms with E-state index in [1.807, 2.05) is 0 Å². The van der Waals surface area contributed by atoms with Gasteiger partial charge in [-0.25, -0.2) is 13.1 Å². The van der Waals surface area contributed by atoms with Crippen molar-refractivity contribution in [2.24, 2.45) is 0 Å². The number of nitrogen functional groups attached to an aromatic ring is 1. The number of aliphatic hydroxyl groups excluding tert-OH is 1. The Labute approximate surface area is 109 Å². The predicted octanol–water partition coefficient (Wildman–Crippen LogP) is 0.999. The number of nitrogens with one attached hydrogen (secondary N) is 1. The molecular formula is C10H15BrN2O3S. The summed E-state index contributed by atoms with van der Waals surface area (Å²) in [6.07, 6.45) is 0. The molecule has 1 rings (SSSR count). The van der Waals surface area contributed by atoms with E-state index in [0.717, 1.165) is 0 Å². The van der Waals surface area contributed by atoms with Gasteiger partial charge < -0.3 is 10.8 Å². The molecule has 1 aromatic rings. The van der Waals surface area contributed by atoms with Crippen molar-refractivity contribution in [2.75, 3.05) is 12.3 Å². The molecule has 0 aliphatic heterocycles. The molecule has 0 saturated carbocycles. The first-order chi connectivity index (χ1) is 7.77. The van der Waals surface area contributed by atoms with Crippen LogP contribution in [0.15, 0.2) is 21.5 Å². The lowest BCUT2D eigenvalue weighted by molar-refractivity contribution is 0.265. The zero-order valence-electron chi connectivity index (χ0n) is 9.57. The summed E-state index contributed by atoms with van der Waals surface area (Å²) >= 11 is 3.23. The fourth-order valence-corrected chi connectivity index (χ4v) is 3.28. The molecule has 0 amide bonds. The number of hydrogen-bond acceptors (Lipinski definition) is 4. The number of nitrogens with two attached hydrogens (primary N) is 1. The van der Waals surface area contributed by atoms with Crippen LogP contribution in [0.2, 0.25) is 0 Å². The molecule has 1 atom stereocenters. The number of halogens is 1. The Morgan fingerprint density at radius 2 is 2.12 bits per heavy atom. The third-order valence-electron chi connectivity index (χ3n) is 2.21. The van der Waals surface area contributed by atoms with E-state index in [-0.39, 0.29) is 11.5 Å². The molecule has 0 aliphatic carbocycles. The smallest absolute Gasteiger partial charge is 0.241 e. The van der Waals surface area contributed by atoms with Gasteiger partial charge in [0.15, 0.2) is 0 Å². The topological polar surface area (TPSA) is 92.4 Å². The van der Waals surface area contributed by atoms with Crippen LogP contribution in [-0.4, -0.2) is 26.2 Å². The van der Waals surface area contributed by atoms with Crippen LogP contribution in [0.25, 0.3) is 0 Å². The van der Waals surface area contributed by atoms with Crippen molar-refractivity contribution in [3.63, 3.8) is 0 Å². The molecule has 0 radical (unpaired) electrons. The highest BCUT2D eigenvalue weighted by Gasteiger charge is 2.20. The molecule has 0 fully saturated rings. The van der Waals surface area contributed by atoms with E-state index in [4.69, 9.17) is 10.8 Å². The van der Waals surface area contributed by atoms with Crippen molar-refractivity contribution < 1.29 is 13.5 Å². The van der Waals surface area contributed by atoms with Gasteiger partial charge in [0.2, 0.25) is 10.0 Å². The van der Waals surface area contributed by atoms with Gasteiger partial charge in [-0.3, -0.25) is 0 Å². The van der Waals surface area contributed by atoms with E-state index in [9.17, 15) is 8.42 Å². The van der Waals surface area contributed by atoms with E-state index >= 15 is 0 Å². The highest BCUT2D eigenvalue weighted by molar-refractivity contribution is 9.10. The van der Waals surface area contributed by atoms with Gasteiger partial charge in [0.25, 0.3) is 0 Å². The molecule has 0 bridgehead atoms. The van der Waals surface area contributed by atoms with Crippen LogP contribution in [0, 0.1) is 6.92 Å². The molecule has 0 saturated heterocycles. The van der Waals surface area contributed by atoms with E-state index in [1.54, 1.807) is 19.9 Å². The van der Waals surface area contributed by atoms with E-state index in [0.29, 0.717) is 15.7 Å². The molecule has 0 spiro atoms. The molecule has 4 N–H and O–H groups in total. The summed E-state index contributed by atoms with van der Waals surface area (Å²) in [4.78, 5) is 0.124. The van der Waals surface area contributed by atoms with Crippen molar-refractivity contribution in [1.29, 1.82) is 0 Å². The zero-order chi connectivity index (χ0) is 13.2. The number of hydrogen-bond donors (Lipinski definition) is 3. The Hall–Kier alpha value is -0.630. The highest BCUT2D eigenvalue weighted by atomic mass is 79.9. The van der Waals surface area contributed by atoms with Crippen LogP contribution in [0.3, 0.4) is 0 Å². The Kier molecular flexibility index (Phi) is 4.54. The Morgan fingerprint density at radius 3 is 2.65 bits per heavy atom. The Morgan fingerprint density at radius 1 is 1.53 bits per heavy atom. The van der Waals surface area contributed by atoms with Crippen LogP contribution in [0.1, 0.15) is 12.5 Å². The first-order valence-electron chi connectivity index (χ1n) is 4.96. The second-order valence-electron chi connectivity index (χ2n) is 3.84. The fourth-order valence-electron chi connectivity index (χ4n) is 1.32. The van der Waals surface area contributed by atoms with Crippen LogP contribution < -0.4 is 10.5 Å². The third kappa shape index (κ3) is 3.41. The maximum Gasteiger partial charge on any atom is 0.241 e. The minimum absolute atomic E-state index is 0.124. The Bertz CT molecular complexity index is 517. The molecule has 7 heteroatoms. The summed E-state index contributed by atoms with van der Waals surface area (Å²) in [5, 5.41) is 8.85. The summed E-state index contributed by atoms with van der Waals surface area (Å²) in [6.45, 7) is 3.00. The zero-order valence-corrected chi connectivity index (χ0v) is 12.0. The number of anilines is 1. The highest BCUT2D eigenvalue weighted by Crippen LogP contribution is 2.26. The molecule has 0 aliphatic rings.